The molecule has 0 saturated carbocycles. The summed E-state index contributed by atoms with van der Waals surface area (Å²) >= 11 is 0. The van der Waals surface area contributed by atoms with E-state index >= 15 is 0 Å². The van der Waals surface area contributed by atoms with Crippen LogP contribution in [0.2, 0.25) is 0 Å². The van der Waals surface area contributed by atoms with Crippen LogP contribution in [0, 0.1) is 0 Å². The first kappa shape index (κ1) is 18.0. The molecule has 0 aliphatic rings. The predicted octanol–water partition coefficient (Wildman–Crippen LogP) is 5.71. The molecule has 21 heavy (non-hydrogen) atoms. The fraction of sp³-hybridized carbons (Fsp3) is 0.647. The smallest absolute Gasteiger partial charge is 0.307 e. The third kappa shape index (κ3) is 6.08. The molecule has 0 heterocycles. The summed E-state index contributed by atoms with van der Waals surface area (Å²) in [4.78, 5) is 0. The molecule has 0 aliphatic carbocycles. The Morgan fingerprint density at radius 3 is 2.10 bits per heavy atom. The first-order valence-electron chi connectivity index (χ1n) is 7.81. The van der Waals surface area contributed by atoms with E-state index in [0.717, 1.165) is 43.4 Å². The molecule has 0 radical (unpaired) electrons. The summed E-state index contributed by atoms with van der Waals surface area (Å²) in [6.45, 7) is 6.34. The van der Waals surface area contributed by atoms with Crippen LogP contribution in [-0.4, -0.2) is 6.04 Å². The van der Waals surface area contributed by atoms with Gasteiger partial charge < -0.3 is 5.32 Å². The minimum Gasteiger partial charge on any atom is -0.307 e. The summed E-state index contributed by atoms with van der Waals surface area (Å²) in [6.07, 6.45) is 1.41. The highest BCUT2D eigenvalue weighted by atomic mass is 19.4. The van der Waals surface area contributed by atoms with Crippen molar-refractivity contribution in [1.29, 1.82) is 0 Å². The van der Waals surface area contributed by atoms with Crippen LogP contribution in [0.25, 0.3) is 0 Å². The van der Waals surface area contributed by atoms with Crippen LogP contribution in [0.5, 0.6) is 0 Å². The van der Waals surface area contributed by atoms with E-state index in [9.17, 15) is 13.2 Å². The number of alkyl halides is 3. The van der Waals surface area contributed by atoms with E-state index in [1.54, 1.807) is 12.1 Å². The highest BCUT2D eigenvalue weighted by molar-refractivity contribution is 5.26. The Morgan fingerprint density at radius 2 is 1.62 bits per heavy atom. The zero-order valence-electron chi connectivity index (χ0n) is 13.1. The fourth-order valence-electron chi connectivity index (χ4n) is 2.52. The van der Waals surface area contributed by atoms with Crippen molar-refractivity contribution < 1.29 is 13.2 Å². The van der Waals surface area contributed by atoms with E-state index in [2.05, 4.69) is 19.2 Å². The highest BCUT2D eigenvalue weighted by Gasteiger charge is 2.30. The van der Waals surface area contributed by atoms with E-state index in [1.165, 1.54) is 6.42 Å². The SMILES string of the molecule is CCCCC(CCC)NC(C)c1ccc(C(F)(F)F)cc1. The van der Waals surface area contributed by atoms with Crippen molar-refractivity contribution in [3.8, 4) is 0 Å². The average Bonchev–Trinajstić information content (AvgIpc) is 2.44. The lowest BCUT2D eigenvalue weighted by Gasteiger charge is -2.23. The standard InChI is InChI=1S/C17H26F3N/c1-4-6-8-16(7-5-2)21-13(3)14-9-11-15(12-10-14)17(18,19)20/h9-13,16,21H,4-8H2,1-3H3. The first-order chi connectivity index (χ1) is 9.88. The number of nitrogens with one attached hydrogen (secondary N) is 1. The molecule has 2 unspecified atom stereocenters. The third-order valence-electron chi connectivity index (χ3n) is 3.77. The van der Waals surface area contributed by atoms with Crippen LogP contribution in [0.4, 0.5) is 13.2 Å². The minimum atomic E-state index is -4.26. The molecule has 4 heteroatoms. The number of rotatable bonds is 8. The normalized spacial score (nSPS) is 15.0. The van der Waals surface area contributed by atoms with Gasteiger partial charge in [0.1, 0.15) is 0 Å². The van der Waals surface area contributed by atoms with Gasteiger partial charge in [0.05, 0.1) is 5.56 Å². The highest BCUT2D eigenvalue weighted by Crippen LogP contribution is 2.30. The second kappa shape index (κ2) is 8.42. The van der Waals surface area contributed by atoms with Gasteiger partial charge in [-0.25, -0.2) is 0 Å². The molecule has 120 valence electrons. The molecular formula is C17H26F3N. The molecular weight excluding hydrogens is 275 g/mol. The van der Waals surface area contributed by atoms with Gasteiger partial charge in [-0.15, -0.1) is 0 Å². The molecule has 0 amide bonds. The van der Waals surface area contributed by atoms with E-state index in [-0.39, 0.29) is 6.04 Å². The number of halogens is 3. The molecule has 0 bridgehead atoms. The zero-order chi connectivity index (χ0) is 15.9. The molecule has 0 fully saturated rings. The van der Waals surface area contributed by atoms with Crippen LogP contribution in [0.3, 0.4) is 0 Å². The summed E-state index contributed by atoms with van der Waals surface area (Å²) in [5.74, 6) is 0. The largest absolute Gasteiger partial charge is 0.416 e. The van der Waals surface area contributed by atoms with Crippen LogP contribution in [0.1, 0.15) is 70.0 Å². The zero-order valence-corrected chi connectivity index (χ0v) is 13.1. The van der Waals surface area contributed by atoms with E-state index in [4.69, 9.17) is 0 Å². The molecule has 1 N–H and O–H groups in total. The summed E-state index contributed by atoms with van der Waals surface area (Å²) in [6, 6.07) is 5.98. The second-order valence-corrected chi connectivity index (χ2v) is 5.64. The van der Waals surface area contributed by atoms with Crippen LogP contribution < -0.4 is 5.32 Å². The molecule has 0 saturated heterocycles. The van der Waals surface area contributed by atoms with Gasteiger partial charge in [-0.3, -0.25) is 0 Å². The Kier molecular flexibility index (Phi) is 7.23. The summed E-state index contributed by atoms with van der Waals surface area (Å²) in [7, 11) is 0. The third-order valence-corrected chi connectivity index (χ3v) is 3.77. The topological polar surface area (TPSA) is 12.0 Å². The maximum Gasteiger partial charge on any atom is 0.416 e. The van der Waals surface area contributed by atoms with Gasteiger partial charge in [-0.2, -0.15) is 13.2 Å². The summed E-state index contributed by atoms with van der Waals surface area (Å²) in [5.41, 5.74) is 0.315. The fourth-order valence-corrected chi connectivity index (χ4v) is 2.52. The molecule has 1 aromatic carbocycles. The van der Waals surface area contributed by atoms with Gasteiger partial charge in [-0.1, -0.05) is 45.2 Å². The number of hydrogen-bond donors (Lipinski definition) is 1. The van der Waals surface area contributed by atoms with E-state index < -0.39 is 11.7 Å². The van der Waals surface area contributed by atoms with Gasteiger partial charge in [0.15, 0.2) is 0 Å². The quantitative estimate of drug-likeness (QED) is 0.648. The number of hydrogen-bond acceptors (Lipinski definition) is 1. The summed E-state index contributed by atoms with van der Waals surface area (Å²) < 4.78 is 37.7. The molecule has 0 spiro atoms. The van der Waals surface area contributed by atoms with Gasteiger partial charge in [-0.05, 0) is 37.5 Å². The lowest BCUT2D eigenvalue weighted by atomic mass is 10.0. The van der Waals surface area contributed by atoms with Gasteiger partial charge >= 0.3 is 6.18 Å². The maximum atomic E-state index is 12.6. The number of benzene rings is 1. The Balaban J connectivity index is 2.66. The van der Waals surface area contributed by atoms with Gasteiger partial charge in [0.25, 0.3) is 0 Å². The monoisotopic (exact) mass is 301 g/mol. The Labute approximate surface area is 125 Å². The van der Waals surface area contributed by atoms with Crippen molar-refractivity contribution in [2.45, 2.75) is 71.1 Å². The van der Waals surface area contributed by atoms with E-state index in [0.29, 0.717) is 6.04 Å². The summed E-state index contributed by atoms with van der Waals surface area (Å²) in [5, 5.41) is 3.55. The van der Waals surface area contributed by atoms with Gasteiger partial charge in [0.2, 0.25) is 0 Å². The van der Waals surface area contributed by atoms with Crippen molar-refractivity contribution in [3.63, 3.8) is 0 Å². The van der Waals surface area contributed by atoms with E-state index in [1.807, 2.05) is 6.92 Å². The lowest BCUT2D eigenvalue weighted by molar-refractivity contribution is -0.137. The molecule has 0 aromatic heterocycles. The van der Waals surface area contributed by atoms with Crippen LogP contribution in [-0.2, 0) is 6.18 Å². The Bertz CT molecular complexity index is 397. The molecule has 1 nitrogen and oxygen atoms in total. The maximum absolute atomic E-state index is 12.6. The molecule has 1 aromatic rings. The lowest BCUT2D eigenvalue weighted by Crippen LogP contribution is -2.31. The number of unbranched alkanes of at least 4 members (excludes halogenated alkanes) is 1. The Hall–Kier alpha value is -1.03. The van der Waals surface area contributed by atoms with Crippen molar-refractivity contribution in [2.75, 3.05) is 0 Å². The van der Waals surface area contributed by atoms with Crippen molar-refractivity contribution in [3.05, 3.63) is 35.4 Å². The average molecular weight is 301 g/mol. The van der Waals surface area contributed by atoms with Crippen molar-refractivity contribution in [1.82, 2.24) is 5.32 Å². The van der Waals surface area contributed by atoms with Crippen LogP contribution >= 0.6 is 0 Å². The predicted molar refractivity (Wildman–Crippen MR) is 81.2 cm³/mol. The molecule has 1 rings (SSSR count). The minimum absolute atomic E-state index is 0.0701. The van der Waals surface area contributed by atoms with Crippen LogP contribution in [0.15, 0.2) is 24.3 Å². The van der Waals surface area contributed by atoms with Crippen molar-refractivity contribution in [2.24, 2.45) is 0 Å². The Morgan fingerprint density at radius 1 is 1.00 bits per heavy atom. The molecule has 0 aliphatic heterocycles. The van der Waals surface area contributed by atoms with Crippen molar-refractivity contribution >= 4 is 0 Å². The van der Waals surface area contributed by atoms with Gasteiger partial charge in [0, 0.05) is 12.1 Å². The second-order valence-electron chi connectivity index (χ2n) is 5.64. The first-order valence-corrected chi connectivity index (χ1v) is 7.81. The molecule has 2 atom stereocenters.